The van der Waals surface area contributed by atoms with Gasteiger partial charge < -0.3 is 16.6 Å². The minimum absolute atomic E-state index is 0. The number of aliphatic hydroxyl groups is 1. The second-order valence-electron chi connectivity index (χ2n) is 6.39. The Morgan fingerprint density at radius 3 is 2.46 bits per heavy atom. The standard InChI is InChI=1S/C20H22N2O4S.Na.H/c1-2-13-5-8-17(21-10-13)15(11-23)12-26-16-6-3-14(4-7-16)9-18-19(24)27-20(25)22-18;;/h3-8,10,15,18,23H,2,9,11-12H2,1H3,(H,22,25);;/q;+1;-1. The molecule has 2 atom stereocenters. The number of hydrogen-bond donors (Lipinski definition) is 2. The molecule has 1 saturated heterocycles. The van der Waals surface area contributed by atoms with E-state index in [-0.39, 0.29) is 53.9 Å². The van der Waals surface area contributed by atoms with E-state index in [4.69, 9.17) is 4.74 Å². The number of hydrogen-bond acceptors (Lipinski definition) is 6. The summed E-state index contributed by atoms with van der Waals surface area (Å²) in [5.74, 6) is 0.484. The first-order chi connectivity index (χ1) is 13.1. The Labute approximate surface area is 192 Å². The first kappa shape index (κ1) is 22.9. The van der Waals surface area contributed by atoms with Crippen LogP contribution in [0, 0.1) is 0 Å². The molecule has 1 fully saturated rings. The first-order valence-corrected chi connectivity index (χ1v) is 9.70. The summed E-state index contributed by atoms with van der Waals surface area (Å²) in [7, 11) is 0. The molecule has 6 nitrogen and oxygen atoms in total. The van der Waals surface area contributed by atoms with E-state index in [2.05, 4.69) is 17.2 Å². The van der Waals surface area contributed by atoms with Crippen LogP contribution in [0.25, 0.3) is 0 Å². The average molecular weight is 410 g/mol. The zero-order valence-electron chi connectivity index (χ0n) is 17.1. The smallest absolute Gasteiger partial charge is 1.00 e. The largest absolute Gasteiger partial charge is 1.00 e. The maximum atomic E-state index is 11.7. The predicted molar refractivity (Wildman–Crippen MR) is 105 cm³/mol. The molecule has 0 bridgehead atoms. The quantitative estimate of drug-likeness (QED) is 0.587. The van der Waals surface area contributed by atoms with Crippen LogP contribution in [0.1, 0.15) is 31.1 Å². The van der Waals surface area contributed by atoms with Gasteiger partial charge in [-0.3, -0.25) is 14.6 Å². The van der Waals surface area contributed by atoms with Gasteiger partial charge in [0.05, 0.1) is 19.1 Å². The van der Waals surface area contributed by atoms with Crippen molar-refractivity contribution >= 4 is 22.1 Å². The molecule has 0 saturated carbocycles. The van der Waals surface area contributed by atoms with E-state index in [1.807, 2.05) is 42.6 Å². The van der Waals surface area contributed by atoms with Crippen LogP contribution in [-0.4, -0.2) is 39.7 Å². The third-order valence-electron chi connectivity index (χ3n) is 4.48. The summed E-state index contributed by atoms with van der Waals surface area (Å²) in [6, 6.07) is 10.9. The van der Waals surface area contributed by atoms with E-state index in [1.54, 1.807) is 0 Å². The van der Waals surface area contributed by atoms with Crippen molar-refractivity contribution in [3.05, 3.63) is 59.4 Å². The maximum absolute atomic E-state index is 11.7. The Morgan fingerprint density at radius 1 is 1.21 bits per heavy atom. The van der Waals surface area contributed by atoms with Crippen molar-refractivity contribution < 1.29 is 50.4 Å². The number of carbonyl (C=O) groups excluding carboxylic acids is 2. The number of rotatable bonds is 8. The van der Waals surface area contributed by atoms with Gasteiger partial charge in [-0.2, -0.15) is 0 Å². The molecule has 2 aromatic rings. The molecule has 1 aromatic carbocycles. The van der Waals surface area contributed by atoms with E-state index < -0.39 is 6.04 Å². The summed E-state index contributed by atoms with van der Waals surface area (Å²) in [6.07, 6.45) is 3.22. The number of pyridine rings is 1. The van der Waals surface area contributed by atoms with Crippen molar-refractivity contribution in [1.29, 1.82) is 0 Å². The van der Waals surface area contributed by atoms with Gasteiger partial charge in [0.15, 0.2) is 0 Å². The van der Waals surface area contributed by atoms with Crippen LogP contribution >= 0.6 is 11.8 Å². The zero-order valence-corrected chi connectivity index (χ0v) is 18.9. The second kappa shape index (κ2) is 11.0. The van der Waals surface area contributed by atoms with Crippen molar-refractivity contribution in [3.8, 4) is 5.75 Å². The molecule has 144 valence electrons. The van der Waals surface area contributed by atoms with Crippen LogP contribution < -0.4 is 39.6 Å². The average Bonchev–Trinajstić information content (AvgIpc) is 3.01. The van der Waals surface area contributed by atoms with Gasteiger partial charge in [-0.15, -0.1) is 0 Å². The van der Waals surface area contributed by atoms with Crippen LogP contribution in [0.15, 0.2) is 42.6 Å². The van der Waals surface area contributed by atoms with Gasteiger partial charge >= 0.3 is 29.6 Å². The molecular formula is C20H23N2NaO4S. The van der Waals surface area contributed by atoms with Gasteiger partial charge in [-0.05, 0) is 35.7 Å². The SMILES string of the molecule is CCc1ccc(C(CO)COc2ccc(CC3NC(=O)SC3=O)cc2)nc1.[H-].[Na+]. The summed E-state index contributed by atoms with van der Waals surface area (Å²) < 4.78 is 5.79. The second-order valence-corrected chi connectivity index (χ2v) is 7.37. The summed E-state index contributed by atoms with van der Waals surface area (Å²) in [4.78, 5) is 27.3. The number of benzene rings is 1. The number of aryl methyl sites for hydroxylation is 1. The number of carbonyl (C=O) groups is 2. The van der Waals surface area contributed by atoms with Crippen molar-refractivity contribution in [2.45, 2.75) is 31.7 Å². The number of nitrogens with one attached hydrogen (secondary N) is 1. The third kappa shape index (κ3) is 6.06. The Morgan fingerprint density at radius 2 is 1.93 bits per heavy atom. The summed E-state index contributed by atoms with van der Waals surface area (Å²) in [6.45, 7) is 2.35. The molecule has 2 N–H and O–H groups in total. The van der Waals surface area contributed by atoms with Crippen LogP contribution in [0.2, 0.25) is 0 Å². The molecule has 1 aromatic heterocycles. The van der Waals surface area contributed by atoms with E-state index in [0.29, 0.717) is 18.8 Å². The Kier molecular flexibility index (Phi) is 8.98. The van der Waals surface area contributed by atoms with Crippen molar-refractivity contribution in [2.75, 3.05) is 13.2 Å². The molecular weight excluding hydrogens is 387 g/mol. The number of amides is 1. The molecule has 1 aliphatic heterocycles. The minimum atomic E-state index is -0.467. The van der Waals surface area contributed by atoms with E-state index in [9.17, 15) is 14.7 Å². The van der Waals surface area contributed by atoms with Crippen molar-refractivity contribution in [3.63, 3.8) is 0 Å². The molecule has 0 spiro atoms. The topological polar surface area (TPSA) is 88.5 Å². The van der Waals surface area contributed by atoms with Gasteiger partial charge in [-0.1, -0.05) is 25.1 Å². The Bertz CT molecular complexity index is 805. The van der Waals surface area contributed by atoms with Gasteiger partial charge in [0, 0.05) is 30.1 Å². The Balaban J connectivity index is 0.00000210. The zero-order chi connectivity index (χ0) is 19.2. The van der Waals surface area contributed by atoms with Crippen molar-refractivity contribution in [1.82, 2.24) is 10.3 Å². The summed E-state index contributed by atoms with van der Waals surface area (Å²) in [5.41, 5.74) is 2.90. The molecule has 1 amide bonds. The normalized spacial score (nSPS) is 17.0. The predicted octanol–water partition coefficient (Wildman–Crippen LogP) is -0.190. The number of ether oxygens (including phenoxy) is 1. The van der Waals surface area contributed by atoms with Gasteiger partial charge in [-0.25, -0.2) is 0 Å². The molecule has 8 heteroatoms. The summed E-state index contributed by atoms with van der Waals surface area (Å²) in [5, 5.41) is 11.9. The van der Waals surface area contributed by atoms with Crippen LogP contribution in [0.3, 0.4) is 0 Å². The number of thioether (sulfide) groups is 1. The molecule has 3 rings (SSSR count). The van der Waals surface area contributed by atoms with E-state index >= 15 is 0 Å². The van der Waals surface area contributed by atoms with Gasteiger partial charge in [0.2, 0.25) is 5.12 Å². The molecule has 0 aliphatic carbocycles. The van der Waals surface area contributed by atoms with Crippen LogP contribution in [0.4, 0.5) is 4.79 Å². The number of aliphatic hydroxyl groups excluding tert-OH is 1. The van der Waals surface area contributed by atoms with Gasteiger partial charge in [0.1, 0.15) is 11.8 Å². The Hall–Kier alpha value is -1.38. The molecule has 2 unspecified atom stereocenters. The molecule has 0 radical (unpaired) electrons. The summed E-state index contributed by atoms with van der Waals surface area (Å²) >= 11 is 0.722. The third-order valence-corrected chi connectivity index (χ3v) is 5.27. The fourth-order valence-electron chi connectivity index (χ4n) is 2.80. The van der Waals surface area contributed by atoms with Crippen LogP contribution in [0.5, 0.6) is 5.75 Å². The molecule has 1 aliphatic rings. The molecule has 28 heavy (non-hydrogen) atoms. The fraction of sp³-hybridized carbons (Fsp3) is 0.350. The van der Waals surface area contributed by atoms with E-state index in [0.717, 1.165) is 35.0 Å². The van der Waals surface area contributed by atoms with Gasteiger partial charge in [0.25, 0.3) is 5.24 Å². The van der Waals surface area contributed by atoms with Crippen LogP contribution in [-0.2, 0) is 17.6 Å². The van der Waals surface area contributed by atoms with E-state index in [1.165, 1.54) is 0 Å². The molecule has 2 heterocycles. The first-order valence-electron chi connectivity index (χ1n) is 8.88. The maximum Gasteiger partial charge on any atom is 1.00 e. The van der Waals surface area contributed by atoms with Crippen molar-refractivity contribution in [2.24, 2.45) is 0 Å². The fourth-order valence-corrected chi connectivity index (χ4v) is 3.47. The number of aromatic nitrogens is 1. The number of nitrogens with zero attached hydrogens (tertiary/aromatic N) is 1. The monoisotopic (exact) mass is 410 g/mol. The minimum Gasteiger partial charge on any atom is -1.00 e.